The summed E-state index contributed by atoms with van der Waals surface area (Å²) in [6.07, 6.45) is 5.66. The Morgan fingerprint density at radius 2 is 2.07 bits per heavy atom. The van der Waals surface area contributed by atoms with Crippen LogP contribution in [0.2, 0.25) is 0 Å². The largest absolute Gasteiger partial charge is 0.391 e. The van der Waals surface area contributed by atoms with Gasteiger partial charge >= 0.3 is 0 Å². The van der Waals surface area contributed by atoms with Crippen molar-refractivity contribution in [2.75, 3.05) is 18.5 Å². The van der Waals surface area contributed by atoms with Gasteiger partial charge in [-0.2, -0.15) is 0 Å². The van der Waals surface area contributed by atoms with Crippen LogP contribution in [0.5, 0.6) is 0 Å². The van der Waals surface area contributed by atoms with E-state index in [1.165, 1.54) is 0 Å². The molecule has 4 nitrogen and oxygen atoms in total. The molecule has 15 heavy (non-hydrogen) atoms. The highest BCUT2D eigenvalue weighted by atomic mass is 16.3. The van der Waals surface area contributed by atoms with Gasteiger partial charge in [0.2, 0.25) is 5.95 Å². The number of aryl methyl sites for hydroxylation is 1. The second kappa shape index (κ2) is 4.14. The summed E-state index contributed by atoms with van der Waals surface area (Å²) in [6.45, 7) is 2.58. The molecule has 0 bridgehead atoms. The van der Waals surface area contributed by atoms with Crippen molar-refractivity contribution in [3.8, 4) is 0 Å². The highest BCUT2D eigenvalue weighted by molar-refractivity contribution is 5.28. The number of hydrogen-bond acceptors (Lipinski definition) is 4. The monoisotopic (exact) mass is 207 g/mol. The number of likely N-dealkylation sites (N-methyl/N-ethyl adjacent to an activating group) is 1. The molecule has 0 aliphatic heterocycles. The number of rotatable bonds is 4. The lowest BCUT2D eigenvalue weighted by molar-refractivity contribution is 0.158. The molecule has 1 aromatic rings. The Bertz CT molecular complexity index is 321. The number of aliphatic hydroxyl groups excluding tert-OH is 1. The molecular formula is C11H17N3O. The molecule has 1 aliphatic rings. The zero-order valence-corrected chi connectivity index (χ0v) is 9.22. The van der Waals surface area contributed by atoms with E-state index < -0.39 is 0 Å². The molecule has 0 amide bonds. The first-order valence-corrected chi connectivity index (χ1v) is 5.34. The fourth-order valence-corrected chi connectivity index (χ4v) is 1.58. The summed E-state index contributed by atoms with van der Waals surface area (Å²) in [6, 6.07) is 0. The van der Waals surface area contributed by atoms with Crippen LogP contribution in [0, 0.1) is 12.8 Å². The fourth-order valence-electron chi connectivity index (χ4n) is 1.58. The van der Waals surface area contributed by atoms with Crippen molar-refractivity contribution in [2.45, 2.75) is 25.9 Å². The van der Waals surface area contributed by atoms with Crippen LogP contribution < -0.4 is 4.90 Å². The summed E-state index contributed by atoms with van der Waals surface area (Å²) < 4.78 is 0. The minimum Gasteiger partial charge on any atom is -0.391 e. The van der Waals surface area contributed by atoms with E-state index >= 15 is 0 Å². The second-order valence-corrected chi connectivity index (χ2v) is 4.35. The van der Waals surface area contributed by atoms with Crippen LogP contribution in [0.1, 0.15) is 18.4 Å². The van der Waals surface area contributed by atoms with Crippen molar-refractivity contribution >= 4 is 5.95 Å². The quantitative estimate of drug-likeness (QED) is 0.800. The van der Waals surface area contributed by atoms with E-state index in [9.17, 15) is 5.11 Å². The van der Waals surface area contributed by atoms with Crippen LogP contribution in [-0.2, 0) is 0 Å². The van der Waals surface area contributed by atoms with Crippen LogP contribution in [0.15, 0.2) is 12.4 Å². The van der Waals surface area contributed by atoms with Gasteiger partial charge in [0.05, 0.1) is 6.10 Å². The van der Waals surface area contributed by atoms with Crippen molar-refractivity contribution in [2.24, 2.45) is 5.92 Å². The average Bonchev–Trinajstić information content (AvgIpc) is 3.01. The van der Waals surface area contributed by atoms with Gasteiger partial charge in [0.25, 0.3) is 0 Å². The molecule has 0 aromatic carbocycles. The van der Waals surface area contributed by atoms with Crippen molar-refractivity contribution in [1.29, 1.82) is 0 Å². The molecule has 1 aliphatic carbocycles. The Hall–Kier alpha value is -1.16. The Morgan fingerprint density at radius 3 is 2.60 bits per heavy atom. The van der Waals surface area contributed by atoms with Crippen molar-refractivity contribution in [3.63, 3.8) is 0 Å². The molecule has 1 atom stereocenters. The number of aromatic nitrogens is 2. The minimum atomic E-state index is -0.236. The molecule has 1 fully saturated rings. The second-order valence-electron chi connectivity index (χ2n) is 4.35. The molecule has 0 radical (unpaired) electrons. The summed E-state index contributed by atoms with van der Waals surface area (Å²) >= 11 is 0. The Kier molecular flexibility index (Phi) is 2.86. The first-order valence-electron chi connectivity index (χ1n) is 5.34. The predicted octanol–water partition coefficient (Wildman–Crippen LogP) is 0.992. The van der Waals surface area contributed by atoms with E-state index in [0.717, 1.165) is 18.4 Å². The van der Waals surface area contributed by atoms with Gasteiger partial charge in [0.1, 0.15) is 0 Å². The Balaban J connectivity index is 1.94. The van der Waals surface area contributed by atoms with Gasteiger partial charge in [-0.05, 0) is 31.2 Å². The third kappa shape index (κ3) is 2.65. The first-order chi connectivity index (χ1) is 7.16. The lowest BCUT2D eigenvalue weighted by Gasteiger charge is -2.20. The third-order valence-corrected chi connectivity index (χ3v) is 2.74. The summed E-state index contributed by atoms with van der Waals surface area (Å²) in [5, 5.41) is 9.78. The number of anilines is 1. The highest BCUT2D eigenvalue weighted by Gasteiger charge is 2.30. The van der Waals surface area contributed by atoms with Crippen LogP contribution in [0.4, 0.5) is 5.95 Å². The van der Waals surface area contributed by atoms with Crippen LogP contribution >= 0.6 is 0 Å². The highest BCUT2D eigenvalue weighted by Crippen LogP contribution is 2.32. The summed E-state index contributed by atoms with van der Waals surface area (Å²) in [4.78, 5) is 10.3. The van der Waals surface area contributed by atoms with Gasteiger partial charge in [-0.3, -0.25) is 0 Å². The van der Waals surface area contributed by atoms with Crippen molar-refractivity contribution in [1.82, 2.24) is 9.97 Å². The van der Waals surface area contributed by atoms with Crippen molar-refractivity contribution < 1.29 is 5.11 Å². The lowest BCUT2D eigenvalue weighted by Crippen LogP contribution is -2.31. The van der Waals surface area contributed by atoms with E-state index in [4.69, 9.17) is 0 Å². The van der Waals surface area contributed by atoms with Gasteiger partial charge in [0.15, 0.2) is 0 Å². The Labute approximate surface area is 90.0 Å². The number of aliphatic hydroxyl groups is 1. The fraction of sp³-hybridized carbons (Fsp3) is 0.636. The van der Waals surface area contributed by atoms with E-state index in [1.54, 1.807) is 12.4 Å². The molecule has 1 unspecified atom stereocenters. The smallest absolute Gasteiger partial charge is 0.225 e. The lowest BCUT2D eigenvalue weighted by atomic mass is 10.2. The van der Waals surface area contributed by atoms with Gasteiger partial charge in [0, 0.05) is 26.0 Å². The number of nitrogens with zero attached hydrogens (tertiary/aromatic N) is 3. The molecule has 1 saturated carbocycles. The standard InChI is InChI=1S/C11H17N3O/c1-8-5-12-11(13-6-8)14(2)7-10(15)9-3-4-9/h5-6,9-10,15H,3-4,7H2,1-2H3. The Morgan fingerprint density at radius 1 is 1.47 bits per heavy atom. The minimum absolute atomic E-state index is 0.236. The summed E-state index contributed by atoms with van der Waals surface area (Å²) in [5.74, 6) is 1.18. The molecule has 0 spiro atoms. The van der Waals surface area contributed by atoms with Gasteiger partial charge in [-0.25, -0.2) is 9.97 Å². The third-order valence-electron chi connectivity index (χ3n) is 2.74. The predicted molar refractivity (Wildman–Crippen MR) is 58.8 cm³/mol. The van der Waals surface area contributed by atoms with Gasteiger partial charge < -0.3 is 10.0 Å². The van der Waals surface area contributed by atoms with Gasteiger partial charge in [-0.1, -0.05) is 0 Å². The van der Waals surface area contributed by atoms with E-state index in [-0.39, 0.29) is 6.10 Å². The molecule has 4 heteroatoms. The zero-order valence-electron chi connectivity index (χ0n) is 9.22. The summed E-state index contributed by atoms with van der Waals surface area (Å²) in [7, 11) is 1.91. The molecule has 82 valence electrons. The van der Waals surface area contributed by atoms with E-state index in [1.807, 2.05) is 18.9 Å². The molecule has 1 heterocycles. The molecule has 2 rings (SSSR count). The van der Waals surface area contributed by atoms with Crippen molar-refractivity contribution in [3.05, 3.63) is 18.0 Å². The molecule has 1 aromatic heterocycles. The maximum absolute atomic E-state index is 9.78. The van der Waals surface area contributed by atoms with Crippen LogP contribution in [0.25, 0.3) is 0 Å². The van der Waals surface area contributed by atoms with Crippen LogP contribution in [-0.4, -0.2) is 34.8 Å². The van der Waals surface area contributed by atoms with Gasteiger partial charge in [-0.15, -0.1) is 0 Å². The van der Waals surface area contributed by atoms with E-state index in [2.05, 4.69) is 9.97 Å². The number of hydrogen-bond donors (Lipinski definition) is 1. The molecular weight excluding hydrogens is 190 g/mol. The SMILES string of the molecule is Cc1cnc(N(C)CC(O)C2CC2)nc1. The topological polar surface area (TPSA) is 49.2 Å². The zero-order chi connectivity index (χ0) is 10.8. The molecule has 1 N–H and O–H groups in total. The molecule has 0 saturated heterocycles. The normalized spacial score (nSPS) is 17.5. The maximum Gasteiger partial charge on any atom is 0.225 e. The van der Waals surface area contributed by atoms with E-state index in [0.29, 0.717) is 18.4 Å². The average molecular weight is 207 g/mol. The first kappa shape index (κ1) is 10.4. The van der Waals surface area contributed by atoms with Crippen LogP contribution in [0.3, 0.4) is 0 Å². The summed E-state index contributed by atoms with van der Waals surface area (Å²) in [5.41, 5.74) is 1.05. The maximum atomic E-state index is 9.78.